The Labute approximate surface area is 195 Å². The number of nitrogens with zero attached hydrogens (tertiary/aromatic N) is 1. The third-order valence-corrected chi connectivity index (χ3v) is 6.88. The minimum atomic E-state index is -0.540. The largest absolute Gasteiger partial charge is 0.444 e. The Kier molecular flexibility index (Phi) is 4.98. The molecule has 2 aliphatic heterocycles. The molecular formula is C24H25BrClN3O2. The Balaban J connectivity index is 1.60. The summed E-state index contributed by atoms with van der Waals surface area (Å²) in [5.74, 6) is 0.205. The summed E-state index contributed by atoms with van der Waals surface area (Å²) in [5, 5.41) is 5.60. The molecule has 0 spiro atoms. The molecule has 2 N–H and O–H groups in total. The first-order chi connectivity index (χ1) is 14.7. The van der Waals surface area contributed by atoms with Gasteiger partial charge in [0.2, 0.25) is 0 Å². The molecule has 3 aromatic rings. The number of aromatic nitrogens is 1. The van der Waals surface area contributed by atoms with Crippen molar-refractivity contribution >= 4 is 50.2 Å². The normalized spacial score (nSPS) is 22.7. The molecular weight excluding hydrogens is 478 g/mol. The zero-order chi connectivity index (χ0) is 21.9. The number of carbonyl (C=O) groups excluding carboxylic acids is 1. The first-order valence-corrected chi connectivity index (χ1v) is 11.7. The predicted octanol–water partition coefficient (Wildman–Crippen LogP) is 7.05. The van der Waals surface area contributed by atoms with Crippen LogP contribution in [0.25, 0.3) is 10.9 Å². The van der Waals surface area contributed by atoms with Crippen molar-refractivity contribution in [3.8, 4) is 0 Å². The van der Waals surface area contributed by atoms with E-state index >= 15 is 0 Å². The molecule has 1 aromatic heterocycles. The van der Waals surface area contributed by atoms with Gasteiger partial charge < -0.3 is 19.9 Å². The summed E-state index contributed by atoms with van der Waals surface area (Å²) in [4.78, 5) is 18.4. The van der Waals surface area contributed by atoms with Gasteiger partial charge in [0.15, 0.2) is 0 Å². The number of carbonyl (C=O) groups is 1. The van der Waals surface area contributed by atoms with Gasteiger partial charge in [-0.05, 0) is 74.7 Å². The van der Waals surface area contributed by atoms with Crippen molar-refractivity contribution in [3.05, 3.63) is 63.2 Å². The molecule has 3 atom stereocenters. The minimum absolute atomic E-state index is 0.0640. The maximum atomic E-state index is 13.1. The second kappa shape index (κ2) is 7.45. The minimum Gasteiger partial charge on any atom is -0.444 e. The zero-order valence-corrected chi connectivity index (χ0v) is 20.0. The number of nitrogens with one attached hydrogen (secondary N) is 2. The van der Waals surface area contributed by atoms with Crippen molar-refractivity contribution < 1.29 is 9.53 Å². The molecule has 5 rings (SSSR count). The molecule has 0 aliphatic carbocycles. The average molecular weight is 503 g/mol. The summed E-state index contributed by atoms with van der Waals surface area (Å²) in [6, 6.07) is 12.1. The van der Waals surface area contributed by atoms with Crippen LogP contribution in [-0.4, -0.2) is 28.1 Å². The molecule has 5 nitrogen and oxygen atoms in total. The van der Waals surface area contributed by atoms with Gasteiger partial charge in [0, 0.05) is 44.7 Å². The van der Waals surface area contributed by atoms with E-state index in [0.717, 1.165) is 27.7 Å². The molecule has 1 saturated heterocycles. The van der Waals surface area contributed by atoms with E-state index in [9.17, 15) is 4.79 Å². The van der Waals surface area contributed by atoms with Gasteiger partial charge in [-0.25, -0.2) is 4.79 Å². The van der Waals surface area contributed by atoms with Gasteiger partial charge in [0.1, 0.15) is 5.60 Å². The lowest BCUT2D eigenvalue weighted by Gasteiger charge is -2.40. The second-order valence-corrected chi connectivity index (χ2v) is 10.7. The number of hydrogen-bond acceptors (Lipinski definition) is 3. The fraction of sp³-hybridized carbons (Fsp3) is 0.375. The van der Waals surface area contributed by atoms with Gasteiger partial charge >= 0.3 is 6.09 Å². The lowest BCUT2D eigenvalue weighted by atomic mass is 9.80. The summed E-state index contributed by atoms with van der Waals surface area (Å²) < 4.78 is 6.79. The number of H-pyrrole nitrogens is 1. The molecule has 31 heavy (non-hydrogen) atoms. The SMILES string of the molecule is CC(C)(C)OC(=O)N1CC[C@@H]2[C@H]1c1cc(Cl)ccc1N[C@H]2c1c[nH]c2ccc(Br)cc12. The molecule has 162 valence electrons. The predicted molar refractivity (Wildman–Crippen MR) is 128 cm³/mol. The van der Waals surface area contributed by atoms with Crippen LogP contribution >= 0.6 is 27.5 Å². The number of anilines is 1. The third kappa shape index (κ3) is 3.70. The highest BCUT2D eigenvalue weighted by Crippen LogP contribution is 2.52. The standard InChI is InChI=1S/C24H25BrClN3O2/c1-24(2,3)31-23(30)29-9-8-15-21(18-12-27-19-6-4-13(25)10-16(18)19)28-20-7-5-14(26)11-17(20)22(15)29/h4-7,10-12,15,21-22,27-28H,8-9H2,1-3H3/t15-,21+,22-/m0/s1. The van der Waals surface area contributed by atoms with Crippen LogP contribution in [0.3, 0.4) is 0 Å². The quantitative estimate of drug-likeness (QED) is 0.375. The van der Waals surface area contributed by atoms with Crippen molar-refractivity contribution in [3.63, 3.8) is 0 Å². The summed E-state index contributed by atoms with van der Waals surface area (Å²) in [5.41, 5.74) is 3.83. The Bertz CT molecular complexity index is 1170. The van der Waals surface area contributed by atoms with E-state index in [0.29, 0.717) is 11.6 Å². The maximum Gasteiger partial charge on any atom is 0.410 e. The number of amides is 1. The number of aromatic amines is 1. The van der Waals surface area contributed by atoms with Gasteiger partial charge in [-0.3, -0.25) is 0 Å². The molecule has 7 heteroatoms. The van der Waals surface area contributed by atoms with Crippen LogP contribution in [0, 0.1) is 5.92 Å². The molecule has 2 aliphatic rings. The molecule has 0 saturated carbocycles. The van der Waals surface area contributed by atoms with E-state index in [1.807, 2.05) is 49.9 Å². The van der Waals surface area contributed by atoms with Crippen molar-refractivity contribution in [2.24, 2.45) is 5.92 Å². The van der Waals surface area contributed by atoms with E-state index in [4.69, 9.17) is 16.3 Å². The van der Waals surface area contributed by atoms with Crippen molar-refractivity contribution in [1.82, 2.24) is 9.88 Å². The molecule has 0 unspecified atom stereocenters. The summed E-state index contributed by atoms with van der Waals surface area (Å²) >= 11 is 9.96. The Hall–Kier alpha value is -2.18. The van der Waals surface area contributed by atoms with E-state index in [1.54, 1.807) is 0 Å². The fourth-order valence-corrected chi connectivity index (χ4v) is 5.50. The second-order valence-electron chi connectivity index (χ2n) is 9.36. The maximum absolute atomic E-state index is 13.1. The van der Waals surface area contributed by atoms with Gasteiger partial charge in [-0.15, -0.1) is 0 Å². The van der Waals surface area contributed by atoms with Crippen LogP contribution < -0.4 is 5.32 Å². The number of ether oxygens (including phenoxy) is 1. The number of fused-ring (bicyclic) bond motifs is 4. The lowest BCUT2D eigenvalue weighted by molar-refractivity contribution is 0.0198. The van der Waals surface area contributed by atoms with Crippen molar-refractivity contribution in [2.45, 2.75) is 44.9 Å². The van der Waals surface area contributed by atoms with Gasteiger partial charge in [0.25, 0.3) is 0 Å². The van der Waals surface area contributed by atoms with Crippen LogP contribution in [0.5, 0.6) is 0 Å². The average Bonchev–Trinajstić information content (AvgIpc) is 3.30. The molecule has 0 radical (unpaired) electrons. The fourth-order valence-electron chi connectivity index (χ4n) is 4.95. The first-order valence-electron chi connectivity index (χ1n) is 10.5. The monoisotopic (exact) mass is 501 g/mol. The number of hydrogen-bond donors (Lipinski definition) is 2. The number of benzene rings is 2. The molecule has 0 bridgehead atoms. The van der Waals surface area contributed by atoms with Gasteiger partial charge in [-0.1, -0.05) is 27.5 Å². The van der Waals surface area contributed by atoms with Crippen LogP contribution in [0.15, 0.2) is 47.1 Å². The molecule has 1 amide bonds. The summed E-state index contributed by atoms with van der Waals surface area (Å²) in [7, 11) is 0. The van der Waals surface area contributed by atoms with E-state index in [2.05, 4.69) is 44.6 Å². The van der Waals surface area contributed by atoms with Crippen LogP contribution in [0.2, 0.25) is 5.02 Å². The van der Waals surface area contributed by atoms with Crippen LogP contribution in [0.4, 0.5) is 10.5 Å². The van der Waals surface area contributed by atoms with E-state index in [1.165, 1.54) is 10.9 Å². The number of likely N-dealkylation sites (tertiary alicyclic amines) is 1. The molecule has 1 fully saturated rings. The Morgan fingerprint density at radius 1 is 1.19 bits per heavy atom. The molecule has 2 aromatic carbocycles. The van der Waals surface area contributed by atoms with Crippen LogP contribution in [0.1, 0.15) is 50.4 Å². The topological polar surface area (TPSA) is 57.4 Å². The first kappa shape index (κ1) is 20.7. The van der Waals surface area contributed by atoms with Crippen molar-refractivity contribution in [2.75, 3.05) is 11.9 Å². The lowest BCUT2D eigenvalue weighted by Crippen LogP contribution is -2.40. The van der Waals surface area contributed by atoms with E-state index < -0.39 is 5.60 Å². The third-order valence-electron chi connectivity index (χ3n) is 6.15. The smallest absolute Gasteiger partial charge is 0.410 e. The Morgan fingerprint density at radius 3 is 2.77 bits per heavy atom. The highest BCUT2D eigenvalue weighted by molar-refractivity contribution is 9.10. The zero-order valence-electron chi connectivity index (χ0n) is 17.7. The number of halogens is 2. The van der Waals surface area contributed by atoms with Crippen molar-refractivity contribution in [1.29, 1.82) is 0 Å². The number of rotatable bonds is 1. The molecule has 3 heterocycles. The Morgan fingerprint density at radius 2 is 2.00 bits per heavy atom. The van der Waals surface area contributed by atoms with Gasteiger partial charge in [0.05, 0.1) is 12.1 Å². The highest BCUT2D eigenvalue weighted by atomic mass is 79.9. The highest BCUT2D eigenvalue weighted by Gasteiger charge is 2.48. The van der Waals surface area contributed by atoms with E-state index in [-0.39, 0.29) is 24.1 Å². The van der Waals surface area contributed by atoms with Gasteiger partial charge in [-0.2, -0.15) is 0 Å². The van der Waals surface area contributed by atoms with Crippen LogP contribution in [-0.2, 0) is 4.74 Å². The summed E-state index contributed by atoms with van der Waals surface area (Å²) in [6.07, 6.45) is 2.70. The summed E-state index contributed by atoms with van der Waals surface area (Å²) in [6.45, 7) is 6.36.